The Balaban J connectivity index is 1.65. The summed E-state index contributed by atoms with van der Waals surface area (Å²) in [6.07, 6.45) is 1.66. The van der Waals surface area contributed by atoms with E-state index in [2.05, 4.69) is 5.32 Å². The Morgan fingerprint density at radius 2 is 1.90 bits per heavy atom. The first-order valence-electron chi connectivity index (χ1n) is 10.1. The lowest BCUT2D eigenvalue weighted by Gasteiger charge is -2.28. The van der Waals surface area contributed by atoms with Gasteiger partial charge in [-0.3, -0.25) is 14.5 Å². The maximum absolute atomic E-state index is 13.0. The number of para-hydroxylation sites is 1. The second-order valence-corrected chi connectivity index (χ2v) is 7.27. The third-order valence-corrected chi connectivity index (χ3v) is 5.39. The second kappa shape index (κ2) is 9.56. The molecule has 2 amide bonds. The van der Waals surface area contributed by atoms with Gasteiger partial charge in [0.2, 0.25) is 11.8 Å². The van der Waals surface area contributed by atoms with Gasteiger partial charge in [-0.25, -0.2) is 0 Å². The maximum atomic E-state index is 13.0. The van der Waals surface area contributed by atoms with Crippen LogP contribution in [0.2, 0.25) is 0 Å². The first kappa shape index (κ1) is 20.9. The molecule has 1 fully saturated rings. The average Bonchev–Trinajstić information content (AvgIpc) is 3.18. The Morgan fingerprint density at radius 1 is 1.17 bits per heavy atom. The zero-order valence-electron chi connectivity index (χ0n) is 17.4. The lowest BCUT2D eigenvalue weighted by molar-refractivity contribution is -0.123. The van der Waals surface area contributed by atoms with Crippen LogP contribution < -0.4 is 15.0 Å². The summed E-state index contributed by atoms with van der Waals surface area (Å²) in [6, 6.07) is 14.9. The molecule has 0 spiro atoms. The molecule has 1 heterocycles. The van der Waals surface area contributed by atoms with Gasteiger partial charge < -0.3 is 15.0 Å². The Kier molecular flexibility index (Phi) is 6.88. The van der Waals surface area contributed by atoms with Crippen LogP contribution in [-0.4, -0.2) is 49.5 Å². The van der Waals surface area contributed by atoms with Gasteiger partial charge in [-0.15, -0.1) is 0 Å². The Labute approximate surface area is 172 Å². The highest BCUT2D eigenvalue weighted by atomic mass is 16.5. The smallest absolute Gasteiger partial charge is 0.241 e. The summed E-state index contributed by atoms with van der Waals surface area (Å²) >= 11 is 0. The van der Waals surface area contributed by atoms with Gasteiger partial charge >= 0.3 is 0 Å². The van der Waals surface area contributed by atoms with Crippen LogP contribution in [-0.2, 0) is 9.59 Å². The van der Waals surface area contributed by atoms with Crippen LogP contribution >= 0.6 is 0 Å². The zero-order valence-corrected chi connectivity index (χ0v) is 17.4. The van der Waals surface area contributed by atoms with Gasteiger partial charge in [-0.05, 0) is 69.1 Å². The number of likely N-dealkylation sites (tertiary alicyclic amines) is 1. The Bertz CT molecular complexity index is 851. The minimum Gasteiger partial charge on any atom is -0.497 e. The number of amides is 2. The van der Waals surface area contributed by atoms with Crippen LogP contribution in [0.4, 0.5) is 11.4 Å². The summed E-state index contributed by atoms with van der Waals surface area (Å²) in [6.45, 7) is 5.56. The quantitative estimate of drug-likeness (QED) is 0.780. The first-order chi connectivity index (χ1) is 14.0. The molecule has 0 bridgehead atoms. The summed E-state index contributed by atoms with van der Waals surface area (Å²) in [7, 11) is 1.61. The van der Waals surface area contributed by atoms with Crippen molar-refractivity contribution in [2.24, 2.45) is 0 Å². The van der Waals surface area contributed by atoms with E-state index in [9.17, 15) is 9.59 Å². The largest absolute Gasteiger partial charge is 0.497 e. The molecule has 154 valence electrons. The molecule has 1 atom stereocenters. The molecular formula is C23H29N3O3. The summed E-state index contributed by atoms with van der Waals surface area (Å²) in [4.78, 5) is 29.6. The van der Waals surface area contributed by atoms with Gasteiger partial charge in [-0.1, -0.05) is 18.2 Å². The molecule has 6 nitrogen and oxygen atoms in total. The van der Waals surface area contributed by atoms with E-state index >= 15 is 0 Å². The van der Waals surface area contributed by atoms with E-state index in [4.69, 9.17) is 4.74 Å². The molecule has 1 saturated heterocycles. The van der Waals surface area contributed by atoms with Crippen molar-refractivity contribution in [3.8, 4) is 5.75 Å². The number of hydrogen-bond donors (Lipinski definition) is 1. The molecule has 2 aromatic carbocycles. The first-order valence-corrected chi connectivity index (χ1v) is 10.1. The number of likely N-dealkylation sites (N-methyl/N-ethyl adjacent to an activating group) is 1. The predicted octanol–water partition coefficient (Wildman–Crippen LogP) is 3.46. The summed E-state index contributed by atoms with van der Waals surface area (Å²) < 4.78 is 5.15. The molecule has 0 saturated carbocycles. The number of carbonyl (C=O) groups excluding carboxylic acids is 2. The standard InChI is InChI=1S/C23H29N3O3/c1-4-26(20-9-6-5-8-17(20)2)22(27)16-25-15-7-10-21(25)23(28)24-18-11-13-19(29-3)14-12-18/h5-6,8-9,11-14,21H,4,7,10,15-16H2,1-3H3,(H,24,28)/t21-/m1/s1. The predicted molar refractivity (Wildman–Crippen MR) is 115 cm³/mol. The third kappa shape index (κ3) is 4.95. The number of rotatable bonds is 7. The van der Waals surface area contributed by atoms with Crippen molar-refractivity contribution in [1.29, 1.82) is 0 Å². The van der Waals surface area contributed by atoms with Crippen molar-refractivity contribution in [3.05, 3.63) is 54.1 Å². The normalized spacial score (nSPS) is 16.4. The van der Waals surface area contributed by atoms with Crippen LogP contribution in [0.1, 0.15) is 25.3 Å². The number of nitrogens with one attached hydrogen (secondary N) is 1. The van der Waals surface area contributed by atoms with E-state index in [1.165, 1.54) is 0 Å². The second-order valence-electron chi connectivity index (χ2n) is 7.27. The summed E-state index contributed by atoms with van der Waals surface area (Å²) in [5.74, 6) is 0.692. The van der Waals surface area contributed by atoms with Gasteiger partial charge in [0.1, 0.15) is 5.75 Å². The molecule has 3 rings (SSSR count). The van der Waals surface area contributed by atoms with Crippen molar-refractivity contribution in [2.45, 2.75) is 32.7 Å². The van der Waals surface area contributed by atoms with Gasteiger partial charge in [0, 0.05) is 17.9 Å². The maximum Gasteiger partial charge on any atom is 0.241 e. The van der Waals surface area contributed by atoms with Crippen molar-refractivity contribution < 1.29 is 14.3 Å². The fourth-order valence-corrected chi connectivity index (χ4v) is 3.82. The van der Waals surface area contributed by atoms with Gasteiger partial charge in [-0.2, -0.15) is 0 Å². The molecule has 6 heteroatoms. The van der Waals surface area contributed by atoms with E-state index in [1.54, 1.807) is 12.0 Å². The highest BCUT2D eigenvalue weighted by Gasteiger charge is 2.33. The van der Waals surface area contributed by atoms with Crippen LogP contribution in [0.3, 0.4) is 0 Å². The Hall–Kier alpha value is -2.86. The molecule has 1 N–H and O–H groups in total. The lowest BCUT2D eigenvalue weighted by Crippen LogP contribution is -2.46. The fourth-order valence-electron chi connectivity index (χ4n) is 3.82. The van der Waals surface area contributed by atoms with E-state index in [1.807, 2.05) is 67.3 Å². The average molecular weight is 396 g/mol. The van der Waals surface area contributed by atoms with Crippen LogP contribution in [0.5, 0.6) is 5.75 Å². The van der Waals surface area contributed by atoms with E-state index < -0.39 is 0 Å². The zero-order chi connectivity index (χ0) is 20.8. The number of nitrogens with zero attached hydrogens (tertiary/aromatic N) is 2. The topological polar surface area (TPSA) is 61.9 Å². The van der Waals surface area contributed by atoms with Crippen LogP contribution in [0, 0.1) is 6.92 Å². The number of anilines is 2. The lowest BCUT2D eigenvalue weighted by atomic mass is 10.1. The van der Waals surface area contributed by atoms with Gasteiger partial charge in [0.15, 0.2) is 0 Å². The number of ether oxygens (including phenoxy) is 1. The number of methoxy groups -OCH3 is 1. The highest BCUT2D eigenvalue weighted by molar-refractivity contribution is 5.98. The van der Waals surface area contributed by atoms with Crippen LogP contribution in [0.25, 0.3) is 0 Å². The summed E-state index contributed by atoms with van der Waals surface area (Å²) in [5, 5.41) is 2.96. The number of aryl methyl sites for hydroxylation is 1. The molecule has 1 aliphatic heterocycles. The molecule has 0 unspecified atom stereocenters. The molecule has 2 aromatic rings. The highest BCUT2D eigenvalue weighted by Crippen LogP contribution is 2.23. The number of hydrogen-bond acceptors (Lipinski definition) is 4. The minimum absolute atomic E-state index is 0.0194. The molecule has 0 aliphatic carbocycles. The Morgan fingerprint density at radius 3 is 2.55 bits per heavy atom. The van der Waals surface area contributed by atoms with Crippen molar-refractivity contribution in [3.63, 3.8) is 0 Å². The van der Waals surface area contributed by atoms with Crippen LogP contribution in [0.15, 0.2) is 48.5 Å². The third-order valence-electron chi connectivity index (χ3n) is 5.39. The fraction of sp³-hybridized carbons (Fsp3) is 0.391. The SMILES string of the molecule is CCN(C(=O)CN1CCC[C@@H]1C(=O)Nc1ccc(OC)cc1)c1ccccc1C. The molecular weight excluding hydrogens is 366 g/mol. The van der Waals surface area contributed by atoms with Gasteiger partial charge in [0.05, 0.1) is 19.7 Å². The van der Waals surface area contributed by atoms with E-state index in [0.29, 0.717) is 6.54 Å². The van der Waals surface area contributed by atoms with Gasteiger partial charge in [0.25, 0.3) is 0 Å². The van der Waals surface area contributed by atoms with E-state index in [-0.39, 0.29) is 24.4 Å². The summed E-state index contributed by atoms with van der Waals surface area (Å²) in [5.41, 5.74) is 2.72. The molecule has 29 heavy (non-hydrogen) atoms. The monoisotopic (exact) mass is 395 g/mol. The molecule has 0 radical (unpaired) electrons. The van der Waals surface area contributed by atoms with Crippen molar-refractivity contribution in [2.75, 3.05) is 37.0 Å². The minimum atomic E-state index is -0.295. The number of benzene rings is 2. The van der Waals surface area contributed by atoms with Crippen molar-refractivity contribution in [1.82, 2.24) is 4.90 Å². The molecule has 0 aromatic heterocycles. The number of carbonyl (C=O) groups is 2. The van der Waals surface area contributed by atoms with E-state index in [0.717, 1.165) is 42.1 Å². The van der Waals surface area contributed by atoms with Crippen molar-refractivity contribution >= 4 is 23.2 Å². The molecule has 1 aliphatic rings.